The van der Waals surface area contributed by atoms with Gasteiger partial charge in [-0.1, -0.05) is 11.6 Å². The lowest BCUT2D eigenvalue weighted by Gasteiger charge is -2.10. The minimum Gasteiger partial charge on any atom is -0.477 e. The Morgan fingerprint density at radius 2 is 1.86 bits per heavy atom. The maximum Gasteiger partial charge on any atom is 0.312 e. The molecular weight excluding hydrogens is 400 g/mol. The van der Waals surface area contributed by atoms with Crippen molar-refractivity contribution in [2.24, 2.45) is 0 Å². The van der Waals surface area contributed by atoms with Gasteiger partial charge in [0.1, 0.15) is 5.82 Å². The molecule has 10 nitrogen and oxygen atoms in total. The van der Waals surface area contributed by atoms with Gasteiger partial charge in [-0.05, 0) is 39.0 Å². The zero-order chi connectivity index (χ0) is 21.1. The number of hydrogen-bond donors (Lipinski definition) is 1. The number of carbonyl (C=O) groups excluding carboxylic acids is 1. The normalized spacial score (nSPS) is 10.6. The van der Waals surface area contributed by atoms with Crippen molar-refractivity contribution < 1.29 is 14.5 Å². The van der Waals surface area contributed by atoms with Crippen LogP contribution in [-0.2, 0) is 4.79 Å². The maximum atomic E-state index is 12.3. The predicted octanol–water partition coefficient (Wildman–Crippen LogP) is 3.17. The van der Waals surface area contributed by atoms with E-state index in [9.17, 15) is 14.9 Å². The molecule has 0 aliphatic heterocycles. The molecule has 0 fully saturated rings. The van der Waals surface area contributed by atoms with Crippen LogP contribution >= 0.6 is 11.6 Å². The highest BCUT2D eigenvalue weighted by Crippen LogP contribution is 2.29. The van der Waals surface area contributed by atoms with Crippen molar-refractivity contribution >= 4 is 29.0 Å². The summed E-state index contributed by atoms with van der Waals surface area (Å²) >= 11 is 5.77. The third kappa shape index (κ3) is 4.85. The SMILES string of the molecule is Cc1cc(C)nc(-n2nc(C)cc2NC(=O)COc2ccc(Cl)cc2[N+](=O)[O-])n1. The van der Waals surface area contributed by atoms with Gasteiger partial charge in [0.05, 0.1) is 10.6 Å². The Morgan fingerprint density at radius 3 is 2.52 bits per heavy atom. The van der Waals surface area contributed by atoms with Crippen molar-refractivity contribution in [3.05, 3.63) is 62.6 Å². The Hall–Kier alpha value is -3.53. The number of rotatable bonds is 6. The van der Waals surface area contributed by atoms with Gasteiger partial charge in [-0.2, -0.15) is 9.78 Å². The number of amides is 1. The predicted molar refractivity (Wildman–Crippen MR) is 106 cm³/mol. The van der Waals surface area contributed by atoms with Crippen LogP contribution in [-0.4, -0.2) is 37.2 Å². The second kappa shape index (κ2) is 8.23. The van der Waals surface area contributed by atoms with E-state index in [-0.39, 0.29) is 16.5 Å². The lowest BCUT2D eigenvalue weighted by Crippen LogP contribution is -2.22. The lowest BCUT2D eigenvalue weighted by molar-refractivity contribution is -0.385. The summed E-state index contributed by atoms with van der Waals surface area (Å²) in [6, 6.07) is 7.42. The van der Waals surface area contributed by atoms with E-state index in [1.54, 1.807) is 13.0 Å². The van der Waals surface area contributed by atoms with Crippen molar-refractivity contribution in [2.45, 2.75) is 20.8 Å². The van der Waals surface area contributed by atoms with Crippen LogP contribution in [0.1, 0.15) is 17.1 Å². The molecule has 1 N–H and O–H groups in total. The Kier molecular flexibility index (Phi) is 5.74. The minimum atomic E-state index is -0.630. The molecular formula is C18H17ClN6O4. The fourth-order valence-corrected chi connectivity index (χ4v) is 2.79. The number of nitrogens with zero attached hydrogens (tertiary/aromatic N) is 5. The minimum absolute atomic E-state index is 0.0584. The van der Waals surface area contributed by atoms with Crippen molar-refractivity contribution in [2.75, 3.05) is 11.9 Å². The van der Waals surface area contributed by atoms with E-state index < -0.39 is 17.4 Å². The van der Waals surface area contributed by atoms with Crippen LogP contribution in [0.25, 0.3) is 5.95 Å². The van der Waals surface area contributed by atoms with Crippen LogP contribution in [0.15, 0.2) is 30.3 Å². The molecule has 0 aliphatic rings. The zero-order valence-electron chi connectivity index (χ0n) is 15.8. The van der Waals surface area contributed by atoms with Gasteiger partial charge in [0, 0.05) is 28.5 Å². The second-order valence-corrected chi connectivity index (χ2v) is 6.68. The van der Waals surface area contributed by atoms with Gasteiger partial charge >= 0.3 is 5.69 Å². The monoisotopic (exact) mass is 416 g/mol. The molecule has 2 aromatic heterocycles. The molecule has 150 valence electrons. The number of nitro benzene ring substituents is 1. The summed E-state index contributed by atoms with van der Waals surface area (Å²) in [6.45, 7) is 4.99. The first-order valence-electron chi connectivity index (χ1n) is 8.49. The molecule has 0 unspecified atom stereocenters. The molecule has 11 heteroatoms. The molecule has 0 radical (unpaired) electrons. The lowest BCUT2D eigenvalue weighted by atomic mass is 10.3. The number of halogens is 1. The van der Waals surface area contributed by atoms with Crippen molar-refractivity contribution in [1.82, 2.24) is 19.7 Å². The summed E-state index contributed by atoms with van der Waals surface area (Å²) in [5, 5.41) is 18.3. The molecule has 0 aliphatic carbocycles. The average molecular weight is 417 g/mol. The quantitative estimate of drug-likeness (QED) is 0.483. The fourth-order valence-electron chi connectivity index (χ4n) is 2.62. The second-order valence-electron chi connectivity index (χ2n) is 6.24. The summed E-state index contributed by atoms with van der Waals surface area (Å²) in [6.07, 6.45) is 0. The summed E-state index contributed by atoms with van der Waals surface area (Å²) in [5.41, 5.74) is 1.85. The van der Waals surface area contributed by atoms with Crippen LogP contribution in [0.3, 0.4) is 0 Å². The van der Waals surface area contributed by atoms with Gasteiger partial charge < -0.3 is 10.1 Å². The van der Waals surface area contributed by atoms with Gasteiger partial charge in [-0.3, -0.25) is 14.9 Å². The van der Waals surface area contributed by atoms with Gasteiger partial charge in [-0.15, -0.1) is 0 Å². The summed E-state index contributed by atoms with van der Waals surface area (Å²) < 4.78 is 6.72. The van der Waals surface area contributed by atoms with E-state index >= 15 is 0 Å². The molecule has 29 heavy (non-hydrogen) atoms. The van der Waals surface area contributed by atoms with E-state index in [1.807, 2.05) is 19.9 Å². The summed E-state index contributed by atoms with van der Waals surface area (Å²) in [4.78, 5) is 31.5. The van der Waals surface area contributed by atoms with Crippen molar-refractivity contribution in [1.29, 1.82) is 0 Å². The van der Waals surface area contributed by atoms with Crippen LogP contribution in [0.5, 0.6) is 5.75 Å². The first-order valence-corrected chi connectivity index (χ1v) is 8.86. The van der Waals surface area contributed by atoms with Crippen LogP contribution < -0.4 is 10.1 Å². The standard InChI is InChI=1S/C18H17ClN6O4/c1-10-6-11(2)21-18(20-10)24-16(7-12(3)23-24)22-17(26)9-29-15-5-4-13(19)8-14(15)25(27)28/h4-8H,9H2,1-3H3,(H,22,26). The smallest absolute Gasteiger partial charge is 0.312 e. The number of nitrogens with one attached hydrogen (secondary N) is 1. The maximum absolute atomic E-state index is 12.3. The number of benzene rings is 1. The molecule has 0 saturated heterocycles. The molecule has 1 aromatic carbocycles. The van der Waals surface area contributed by atoms with Crippen LogP contribution in [0.4, 0.5) is 11.5 Å². The highest BCUT2D eigenvalue weighted by molar-refractivity contribution is 6.30. The Bertz CT molecular complexity index is 1080. The molecule has 0 bridgehead atoms. The number of ether oxygens (including phenoxy) is 1. The molecule has 0 atom stereocenters. The fraction of sp³-hybridized carbons (Fsp3) is 0.222. The first kappa shape index (κ1) is 20.2. The number of anilines is 1. The Labute approximate surface area is 170 Å². The van der Waals surface area contributed by atoms with E-state index in [2.05, 4.69) is 20.4 Å². The van der Waals surface area contributed by atoms with Crippen LogP contribution in [0.2, 0.25) is 5.02 Å². The summed E-state index contributed by atoms with van der Waals surface area (Å²) in [7, 11) is 0. The number of hydrogen-bond acceptors (Lipinski definition) is 7. The molecule has 1 amide bonds. The van der Waals surface area contributed by atoms with Crippen LogP contribution in [0, 0.1) is 30.9 Å². The van der Waals surface area contributed by atoms with Gasteiger partial charge in [-0.25, -0.2) is 9.97 Å². The highest BCUT2D eigenvalue weighted by Gasteiger charge is 2.18. The van der Waals surface area contributed by atoms with E-state index in [1.165, 1.54) is 16.8 Å². The highest BCUT2D eigenvalue weighted by atomic mass is 35.5. The average Bonchev–Trinajstić information content (AvgIpc) is 3.00. The number of aromatic nitrogens is 4. The molecule has 0 spiro atoms. The van der Waals surface area contributed by atoms with Crippen molar-refractivity contribution in [3.8, 4) is 11.7 Å². The van der Waals surface area contributed by atoms with Gasteiger partial charge in [0.15, 0.2) is 12.4 Å². The van der Waals surface area contributed by atoms with E-state index in [0.29, 0.717) is 17.5 Å². The summed E-state index contributed by atoms with van der Waals surface area (Å²) in [5.74, 6) is 0.0866. The van der Waals surface area contributed by atoms with Crippen molar-refractivity contribution in [3.63, 3.8) is 0 Å². The molecule has 3 aromatic rings. The molecule has 2 heterocycles. The first-order chi connectivity index (χ1) is 13.7. The Balaban J connectivity index is 1.76. The van der Waals surface area contributed by atoms with Gasteiger partial charge in [0.2, 0.25) is 0 Å². The van der Waals surface area contributed by atoms with E-state index in [0.717, 1.165) is 17.5 Å². The Morgan fingerprint density at radius 1 is 1.17 bits per heavy atom. The van der Waals surface area contributed by atoms with Gasteiger partial charge in [0.25, 0.3) is 11.9 Å². The molecule has 0 saturated carbocycles. The number of carbonyl (C=O) groups is 1. The molecule has 3 rings (SSSR count). The third-order valence-corrected chi connectivity index (χ3v) is 3.97. The number of nitro groups is 1. The zero-order valence-corrected chi connectivity index (χ0v) is 16.6. The largest absolute Gasteiger partial charge is 0.477 e. The topological polar surface area (TPSA) is 125 Å². The number of aryl methyl sites for hydroxylation is 3. The van der Waals surface area contributed by atoms with E-state index in [4.69, 9.17) is 16.3 Å². The third-order valence-electron chi connectivity index (χ3n) is 3.74.